The normalized spacial score (nSPS) is 24.6. The lowest BCUT2D eigenvalue weighted by molar-refractivity contribution is -0.332. The van der Waals surface area contributed by atoms with Gasteiger partial charge in [0.1, 0.15) is 55.4 Å². The first kappa shape index (κ1) is 70.8. The van der Waals surface area contributed by atoms with Crippen LogP contribution in [0.4, 0.5) is 0 Å². The Bertz CT molecular complexity index is 1670. The molecule has 7 N–H and O–H groups in total. The van der Waals surface area contributed by atoms with E-state index in [2.05, 4.69) is 98.9 Å². The van der Waals surface area contributed by atoms with Gasteiger partial charge < -0.3 is 64.2 Å². The van der Waals surface area contributed by atoms with Crippen LogP contribution in [-0.4, -0.2) is 142 Å². The maximum atomic E-state index is 13.1. The molecule has 448 valence electrons. The Kier molecular flexibility index (Phi) is 43.9. The number of hydrogen-bond acceptors (Lipinski definition) is 15. The van der Waals surface area contributed by atoms with E-state index >= 15 is 0 Å². The van der Waals surface area contributed by atoms with E-state index in [4.69, 9.17) is 28.4 Å². The molecule has 4 unspecified atom stereocenters. The third kappa shape index (κ3) is 34.7. The molecule has 0 aliphatic carbocycles. The number of aliphatic hydroxyl groups is 7. The van der Waals surface area contributed by atoms with Crippen molar-refractivity contribution in [2.24, 2.45) is 0 Å². The fourth-order valence-electron chi connectivity index (χ4n) is 8.97. The highest BCUT2D eigenvalue weighted by Crippen LogP contribution is 2.27. The predicted octanol–water partition coefficient (Wildman–Crippen LogP) is 10.7. The van der Waals surface area contributed by atoms with Gasteiger partial charge >= 0.3 is 11.9 Å². The van der Waals surface area contributed by atoms with Gasteiger partial charge in [-0.15, -0.1) is 0 Å². The number of allylic oxidation sites excluding steroid dienone is 14. The van der Waals surface area contributed by atoms with Crippen molar-refractivity contribution in [1.29, 1.82) is 0 Å². The Balaban J connectivity index is 1.77. The molecule has 2 aliphatic rings. The van der Waals surface area contributed by atoms with E-state index in [0.29, 0.717) is 19.3 Å². The third-order valence-electron chi connectivity index (χ3n) is 13.8. The molecule has 2 heterocycles. The number of ether oxygens (including phenoxy) is 6. The van der Waals surface area contributed by atoms with Gasteiger partial charge in [0, 0.05) is 12.8 Å². The summed E-state index contributed by atoms with van der Waals surface area (Å²) in [6.45, 7) is 2.42. The quantitative estimate of drug-likeness (QED) is 0.0171. The number of hydrogen-bond donors (Lipinski definition) is 7. The summed E-state index contributed by atoms with van der Waals surface area (Å²) in [5.41, 5.74) is 0. The fraction of sp³-hybridized carbons (Fsp3) is 0.746. The van der Waals surface area contributed by atoms with Crippen LogP contribution in [0.15, 0.2) is 85.1 Å². The van der Waals surface area contributed by atoms with Crippen molar-refractivity contribution in [3.05, 3.63) is 85.1 Å². The maximum Gasteiger partial charge on any atom is 0.306 e. The van der Waals surface area contributed by atoms with Crippen molar-refractivity contribution in [2.75, 3.05) is 26.4 Å². The molecular formula is C63H106O15. The molecule has 0 radical (unpaired) electrons. The molecule has 2 rings (SSSR count). The lowest BCUT2D eigenvalue weighted by Gasteiger charge is -2.42. The van der Waals surface area contributed by atoms with Crippen LogP contribution in [0.25, 0.3) is 0 Å². The summed E-state index contributed by atoms with van der Waals surface area (Å²) in [5, 5.41) is 72.3. The average Bonchev–Trinajstić information content (AvgIpc) is 3.43. The minimum Gasteiger partial charge on any atom is -0.462 e. The van der Waals surface area contributed by atoms with Gasteiger partial charge in [-0.1, -0.05) is 189 Å². The van der Waals surface area contributed by atoms with Crippen molar-refractivity contribution in [2.45, 2.75) is 274 Å². The zero-order chi connectivity index (χ0) is 56.7. The smallest absolute Gasteiger partial charge is 0.306 e. The Morgan fingerprint density at radius 1 is 0.423 bits per heavy atom. The molecule has 0 aromatic rings. The van der Waals surface area contributed by atoms with Crippen LogP contribution in [0.1, 0.15) is 206 Å². The van der Waals surface area contributed by atoms with Gasteiger partial charge in [-0.05, 0) is 89.9 Å². The second-order valence-corrected chi connectivity index (χ2v) is 20.8. The number of carbonyl (C=O) groups is 2. The van der Waals surface area contributed by atoms with Crippen molar-refractivity contribution in [1.82, 2.24) is 0 Å². The van der Waals surface area contributed by atoms with Gasteiger partial charge in [0.05, 0.1) is 19.8 Å². The fourth-order valence-corrected chi connectivity index (χ4v) is 8.97. The van der Waals surface area contributed by atoms with Crippen molar-refractivity contribution in [3.63, 3.8) is 0 Å². The highest BCUT2D eigenvalue weighted by molar-refractivity contribution is 5.70. The summed E-state index contributed by atoms with van der Waals surface area (Å²) < 4.78 is 33.6. The SMILES string of the molecule is CC/C=C/C/C=C/C/C=C/C/C=C/C/C=C/CCCCCC(=O)O[C@@H](COC(=O)CCC/C=C/CC/C=C/CCCCCCCCCCCCCCCC)CO[C@@H]1O[C@H](CO[C@@H]2O[C@H](CO)[C@H](O)C(O)C2O)[C@H](O)C(O)C1O. The van der Waals surface area contributed by atoms with Crippen molar-refractivity contribution < 1.29 is 73.8 Å². The van der Waals surface area contributed by atoms with E-state index in [1.807, 2.05) is 0 Å². The number of esters is 2. The van der Waals surface area contributed by atoms with Crippen molar-refractivity contribution >= 4 is 11.9 Å². The molecule has 0 spiro atoms. The van der Waals surface area contributed by atoms with Crippen LogP contribution in [-0.2, 0) is 38.0 Å². The molecule has 15 nitrogen and oxygen atoms in total. The van der Waals surface area contributed by atoms with Gasteiger partial charge in [-0.2, -0.15) is 0 Å². The van der Waals surface area contributed by atoms with Gasteiger partial charge in [0.25, 0.3) is 0 Å². The molecule has 2 aliphatic heterocycles. The van der Waals surface area contributed by atoms with Crippen LogP contribution in [0, 0.1) is 0 Å². The lowest BCUT2D eigenvalue weighted by atomic mass is 9.98. The van der Waals surface area contributed by atoms with E-state index in [9.17, 15) is 45.3 Å². The summed E-state index contributed by atoms with van der Waals surface area (Å²) in [6, 6.07) is 0. The maximum absolute atomic E-state index is 13.1. The monoisotopic (exact) mass is 1100 g/mol. The average molecular weight is 1100 g/mol. The standard InChI is InChI=1S/C63H106O15/c1-3-5-7-9-11-13-15-17-19-21-23-24-25-26-28-29-31-33-35-37-39-41-43-45-54(65)73-48-51(76-55(66)46-44-42-40-38-36-34-32-30-27-22-20-18-16-14-12-10-8-6-4-2)49-74-62-61(72)59(70)57(68)53(78-62)50-75-63-60(71)58(69)56(67)52(47-64)77-63/h6,8,12,14,18,20,27,29-31,34,36-37,39,51-53,56-64,67-72H,3-5,7,9-11,13,15-17,19,21-26,28,32-33,35,38,40-50H2,1-2H3/b8-6+,14-12+,20-18+,30-27+,31-29+,36-34+,39-37+/t51-,52+,53+,56-,57-,58?,59?,60?,61?,62+,63+/m0/s1. The first-order valence-electron chi connectivity index (χ1n) is 30.2. The molecular weight excluding hydrogens is 997 g/mol. The molecule has 78 heavy (non-hydrogen) atoms. The van der Waals surface area contributed by atoms with E-state index in [-0.39, 0.29) is 19.4 Å². The summed E-state index contributed by atoms with van der Waals surface area (Å²) in [5.74, 6) is -1.01. The summed E-state index contributed by atoms with van der Waals surface area (Å²) in [6.07, 6.45) is 44.8. The summed E-state index contributed by atoms with van der Waals surface area (Å²) >= 11 is 0. The molecule has 2 saturated heterocycles. The molecule has 0 aromatic heterocycles. The zero-order valence-electron chi connectivity index (χ0n) is 47.9. The van der Waals surface area contributed by atoms with Gasteiger partial charge in [-0.3, -0.25) is 9.59 Å². The molecule has 0 amide bonds. The minimum absolute atomic E-state index is 0.114. The third-order valence-corrected chi connectivity index (χ3v) is 13.8. The largest absolute Gasteiger partial charge is 0.462 e. The van der Waals surface area contributed by atoms with Crippen molar-refractivity contribution in [3.8, 4) is 0 Å². The molecule has 11 atom stereocenters. The topological polar surface area (TPSA) is 231 Å². The van der Waals surface area contributed by atoms with E-state index < -0.39 is 99.3 Å². The lowest BCUT2D eigenvalue weighted by Crippen LogP contribution is -2.61. The summed E-state index contributed by atoms with van der Waals surface area (Å²) in [4.78, 5) is 25.9. The second kappa shape index (κ2) is 48.4. The van der Waals surface area contributed by atoms with E-state index in [1.54, 1.807) is 0 Å². The minimum atomic E-state index is -1.78. The van der Waals surface area contributed by atoms with Crippen LogP contribution < -0.4 is 0 Å². The molecule has 0 aromatic carbocycles. The Morgan fingerprint density at radius 3 is 1.36 bits per heavy atom. The van der Waals surface area contributed by atoms with Crippen LogP contribution in [0.2, 0.25) is 0 Å². The van der Waals surface area contributed by atoms with E-state index in [0.717, 1.165) is 70.6 Å². The van der Waals surface area contributed by atoms with Gasteiger partial charge in [0.15, 0.2) is 18.7 Å². The summed E-state index contributed by atoms with van der Waals surface area (Å²) in [7, 11) is 0. The highest BCUT2D eigenvalue weighted by Gasteiger charge is 2.47. The molecule has 15 heteroatoms. The van der Waals surface area contributed by atoms with Crippen LogP contribution in [0.3, 0.4) is 0 Å². The first-order valence-corrected chi connectivity index (χ1v) is 30.2. The van der Waals surface area contributed by atoms with Crippen LogP contribution >= 0.6 is 0 Å². The number of aliphatic hydroxyl groups excluding tert-OH is 7. The van der Waals surface area contributed by atoms with Gasteiger partial charge in [0.2, 0.25) is 0 Å². The molecule has 0 saturated carbocycles. The van der Waals surface area contributed by atoms with Gasteiger partial charge in [-0.25, -0.2) is 0 Å². The van der Waals surface area contributed by atoms with E-state index in [1.165, 1.54) is 89.9 Å². The Morgan fingerprint density at radius 2 is 0.833 bits per heavy atom. The number of rotatable bonds is 47. The molecule has 0 bridgehead atoms. The predicted molar refractivity (Wildman–Crippen MR) is 307 cm³/mol. The highest BCUT2D eigenvalue weighted by atomic mass is 16.7. The molecule has 2 fully saturated rings. The first-order chi connectivity index (χ1) is 38.0. The second-order valence-electron chi connectivity index (χ2n) is 20.8. The Hall–Kier alpha value is -3.32. The zero-order valence-corrected chi connectivity index (χ0v) is 47.9. The number of carbonyl (C=O) groups excluding carboxylic acids is 2. The van der Waals surface area contributed by atoms with Crippen LogP contribution in [0.5, 0.6) is 0 Å². The Labute approximate surface area is 469 Å². The number of unbranched alkanes of at least 4 members (excludes halogenated alkanes) is 19.